The SMILES string of the molecule is Cn1nc(C2CCCNC2=O)c2ccc(N3CCC(CC4CCN(C(=O)OC[C@@H]5CC[C@]6(COc7nc8c9c(nc(-c%10cc(O)cc%11cccc(Cl)c%10%11)c(F)c9n7)CC[C@H]7COCCCN87)CCCN56)CC4)CC3)cc21. The average Bonchev–Trinajstić information content (AvgIpc) is 4.09. The number of carbonyl (C=O) groups is 2. The molecule has 18 heteroatoms. The highest BCUT2D eigenvalue weighted by Crippen LogP contribution is 2.46. The van der Waals surface area contributed by atoms with E-state index in [-0.39, 0.29) is 58.5 Å². The summed E-state index contributed by atoms with van der Waals surface area (Å²) in [6.07, 6.45) is 12.9. The quantitative estimate of drug-likeness (QED) is 0.134. The zero-order valence-corrected chi connectivity index (χ0v) is 44.2. The molecule has 6 aromatic rings. The number of pyridine rings is 1. The maximum Gasteiger partial charge on any atom is 0.409 e. The van der Waals surface area contributed by atoms with Gasteiger partial charge in [0.05, 0.1) is 46.4 Å². The predicted octanol–water partition coefficient (Wildman–Crippen LogP) is 9.30. The van der Waals surface area contributed by atoms with Crippen LogP contribution in [-0.2, 0) is 27.7 Å². The molecule has 13 rings (SSSR count). The number of aromatic hydroxyl groups is 1. The summed E-state index contributed by atoms with van der Waals surface area (Å²) >= 11 is 6.76. The number of amides is 2. The zero-order valence-electron chi connectivity index (χ0n) is 43.5. The smallest absolute Gasteiger partial charge is 0.409 e. The van der Waals surface area contributed by atoms with Gasteiger partial charge in [-0.3, -0.25) is 14.4 Å². The Morgan fingerprint density at radius 2 is 1.76 bits per heavy atom. The Morgan fingerprint density at radius 3 is 2.61 bits per heavy atom. The van der Waals surface area contributed by atoms with Crippen LogP contribution in [0, 0.1) is 17.7 Å². The topological polar surface area (TPSA) is 164 Å². The van der Waals surface area contributed by atoms with E-state index in [9.17, 15) is 14.7 Å². The fourth-order valence-electron chi connectivity index (χ4n) is 14.3. The number of piperidine rings is 3. The Kier molecular flexibility index (Phi) is 13.3. The van der Waals surface area contributed by atoms with Gasteiger partial charge in [0, 0.05) is 86.0 Å². The molecule has 2 N–H and O–H groups in total. The number of phenolic OH excluding ortho intramolecular Hbond substituents is 1. The summed E-state index contributed by atoms with van der Waals surface area (Å²) in [6, 6.07) is 15.4. The molecule has 7 aliphatic rings. The van der Waals surface area contributed by atoms with Crippen molar-refractivity contribution in [3.63, 3.8) is 0 Å². The van der Waals surface area contributed by atoms with Crippen molar-refractivity contribution >= 4 is 67.7 Å². The van der Waals surface area contributed by atoms with Crippen LogP contribution < -0.4 is 19.9 Å². The molecule has 2 amide bonds. The van der Waals surface area contributed by atoms with E-state index in [0.29, 0.717) is 89.5 Å². The second kappa shape index (κ2) is 20.4. The van der Waals surface area contributed by atoms with Crippen molar-refractivity contribution in [2.75, 3.05) is 82.0 Å². The maximum absolute atomic E-state index is 17.4. The number of phenols is 1. The molecule has 10 heterocycles. The van der Waals surface area contributed by atoms with E-state index < -0.39 is 5.82 Å². The van der Waals surface area contributed by atoms with Crippen LogP contribution in [-0.4, -0.2) is 142 Å². The largest absolute Gasteiger partial charge is 0.508 e. The van der Waals surface area contributed by atoms with Gasteiger partial charge in [0.15, 0.2) is 5.82 Å². The van der Waals surface area contributed by atoms with Crippen molar-refractivity contribution in [2.45, 2.75) is 113 Å². The van der Waals surface area contributed by atoms with Crippen LogP contribution in [0.1, 0.15) is 101 Å². The molecule has 400 valence electrons. The number of halogens is 2. The fraction of sp³-hybridized carbons (Fsp3) is 0.552. The summed E-state index contributed by atoms with van der Waals surface area (Å²) < 4.78 is 38.2. The molecule has 76 heavy (non-hydrogen) atoms. The van der Waals surface area contributed by atoms with Gasteiger partial charge in [0.2, 0.25) is 5.91 Å². The minimum atomic E-state index is -0.618. The second-order valence-corrected chi connectivity index (χ2v) is 23.2. The number of ether oxygens (including phenoxy) is 3. The van der Waals surface area contributed by atoms with Crippen LogP contribution in [0.5, 0.6) is 11.8 Å². The van der Waals surface area contributed by atoms with Gasteiger partial charge in [-0.05, 0) is 150 Å². The second-order valence-electron chi connectivity index (χ2n) is 22.8. The Bertz CT molecular complexity index is 3210. The van der Waals surface area contributed by atoms with Crippen LogP contribution >= 0.6 is 11.6 Å². The minimum Gasteiger partial charge on any atom is -0.508 e. The first kappa shape index (κ1) is 49.5. The van der Waals surface area contributed by atoms with E-state index in [4.69, 9.17) is 45.9 Å². The number of nitrogens with one attached hydrogen (secondary N) is 1. The molecule has 6 fully saturated rings. The Labute approximate surface area is 447 Å². The first-order valence-electron chi connectivity index (χ1n) is 28.0. The minimum absolute atomic E-state index is 0.0143. The summed E-state index contributed by atoms with van der Waals surface area (Å²) in [6.45, 7) is 7.63. The average molecular weight is 1060 g/mol. The molecular formula is C58H68ClFN10O6. The van der Waals surface area contributed by atoms with E-state index in [1.807, 2.05) is 22.7 Å². The van der Waals surface area contributed by atoms with Gasteiger partial charge >= 0.3 is 12.1 Å². The predicted molar refractivity (Wildman–Crippen MR) is 290 cm³/mol. The lowest BCUT2D eigenvalue weighted by atomic mass is 9.83. The van der Waals surface area contributed by atoms with Crippen molar-refractivity contribution in [3.05, 3.63) is 70.8 Å². The molecule has 0 radical (unpaired) electrons. The molecule has 1 unspecified atom stereocenters. The molecule has 16 nitrogen and oxygen atoms in total. The van der Waals surface area contributed by atoms with E-state index in [0.717, 1.165) is 133 Å². The molecule has 7 aliphatic heterocycles. The van der Waals surface area contributed by atoms with Crippen LogP contribution in [0.25, 0.3) is 43.8 Å². The third-order valence-electron chi connectivity index (χ3n) is 18.3. The van der Waals surface area contributed by atoms with Gasteiger partial charge in [0.25, 0.3) is 0 Å². The van der Waals surface area contributed by atoms with Crippen LogP contribution in [0.2, 0.25) is 5.02 Å². The first-order valence-corrected chi connectivity index (χ1v) is 28.4. The summed E-state index contributed by atoms with van der Waals surface area (Å²) in [7, 11) is 1.98. The lowest BCUT2D eigenvalue weighted by Gasteiger charge is -2.37. The first-order chi connectivity index (χ1) is 37.1. The van der Waals surface area contributed by atoms with Gasteiger partial charge in [-0.25, -0.2) is 14.2 Å². The molecule has 0 aliphatic carbocycles. The number of rotatable bonds is 10. The number of carbonyl (C=O) groups excluding carboxylic acids is 2. The molecule has 3 aromatic heterocycles. The van der Waals surface area contributed by atoms with E-state index in [1.54, 1.807) is 18.2 Å². The number of likely N-dealkylation sites (tertiary alicyclic amines) is 1. The van der Waals surface area contributed by atoms with Crippen LogP contribution in [0.15, 0.2) is 48.5 Å². The van der Waals surface area contributed by atoms with E-state index in [1.165, 1.54) is 18.2 Å². The summed E-state index contributed by atoms with van der Waals surface area (Å²) in [5, 5.41) is 22.0. The molecule has 6 saturated heterocycles. The summed E-state index contributed by atoms with van der Waals surface area (Å²) in [5.41, 5.74) is 4.20. The molecule has 0 bridgehead atoms. The van der Waals surface area contributed by atoms with Crippen LogP contribution in [0.4, 0.5) is 20.7 Å². The number of benzene rings is 3. The van der Waals surface area contributed by atoms with Crippen molar-refractivity contribution in [1.29, 1.82) is 0 Å². The number of aryl methyl sites for hydroxylation is 2. The van der Waals surface area contributed by atoms with Crippen molar-refractivity contribution < 1.29 is 33.3 Å². The zero-order chi connectivity index (χ0) is 51.7. The number of hydrogen-bond donors (Lipinski definition) is 2. The number of anilines is 2. The van der Waals surface area contributed by atoms with Gasteiger partial charge in [-0.15, -0.1) is 0 Å². The van der Waals surface area contributed by atoms with Gasteiger partial charge in [0.1, 0.15) is 36.0 Å². The molecule has 3 aromatic carbocycles. The molecule has 4 atom stereocenters. The number of nitrogens with zero attached hydrogens (tertiary/aromatic N) is 9. The van der Waals surface area contributed by atoms with Crippen molar-refractivity contribution in [3.8, 4) is 23.0 Å². The number of fused-ring (bicyclic) bond motifs is 5. The normalized spacial score (nSPS) is 24.7. The van der Waals surface area contributed by atoms with Crippen molar-refractivity contribution in [1.82, 2.24) is 39.8 Å². The standard InChI is InChI=1S/C58H68ClFN10O6/c1-66-47-30-38(9-11-42(47)51(65-66)43-7-3-20-61-55(43)72)67-23-14-35(15-24-67)28-36-16-25-68(26-17-36)57(73)75-33-40-13-19-58(18-4-22-70(40)58)34-76-56-63-53-49-46(12-10-39-32-74-27-5-21-69(39)54(49)64-56)62-52(50(53)60)44-31-41(71)29-37-6-2-8-45(59)48(37)44/h2,6,8-9,11,29-31,35-36,39-40,43,71H,3-5,7,10,12-28,32-34H2,1H3,(H,61,72)/t39-,40-,43?,58-/m0/s1. The Morgan fingerprint density at radius 1 is 0.921 bits per heavy atom. The molecule has 0 spiro atoms. The maximum atomic E-state index is 17.4. The lowest BCUT2D eigenvalue weighted by molar-refractivity contribution is -0.123. The van der Waals surface area contributed by atoms with Crippen molar-refractivity contribution in [2.24, 2.45) is 18.9 Å². The van der Waals surface area contributed by atoms with E-state index >= 15 is 4.39 Å². The fourth-order valence-corrected chi connectivity index (χ4v) is 14.6. The number of hydrogen-bond acceptors (Lipinski definition) is 13. The summed E-state index contributed by atoms with van der Waals surface area (Å²) in [4.78, 5) is 50.3. The highest BCUT2D eigenvalue weighted by Gasteiger charge is 2.50. The highest BCUT2D eigenvalue weighted by molar-refractivity contribution is 6.36. The third kappa shape index (κ3) is 9.10. The highest BCUT2D eigenvalue weighted by atomic mass is 35.5. The lowest BCUT2D eigenvalue weighted by Crippen LogP contribution is -2.48. The number of aromatic nitrogens is 5. The van der Waals surface area contributed by atoms with Gasteiger partial charge in [-0.1, -0.05) is 23.7 Å². The molecule has 0 saturated carbocycles. The van der Waals surface area contributed by atoms with Gasteiger partial charge < -0.3 is 39.3 Å². The van der Waals surface area contributed by atoms with E-state index in [2.05, 4.69) is 38.2 Å². The Balaban J connectivity index is 0.634. The third-order valence-corrected chi connectivity index (χ3v) is 18.6. The molecular weight excluding hydrogens is 987 g/mol. The summed E-state index contributed by atoms with van der Waals surface area (Å²) in [5.74, 6) is 1.16. The van der Waals surface area contributed by atoms with Crippen LogP contribution in [0.3, 0.4) is 0 Å². The van der Waals surface area contributed by atoms with Gasteiger partial charge in [-0.2, -0.15) is 15.1 Å². The monoisotopic (exact) mass is 1050 g/mol. The Hall–Kier alpha value is -6.04.